The maximum atomic E-state index is 11.1. The van der Waals surface area contributed by atoms with E-state index in [4.69, 9.17) is 10.2 Å². The number of sulfonamides is 1. The van der Waals surface area contributed by atoms with Gasteiger partial charge in [-0.25, -0.2) is 13.6 Å². The molecule has 0 aliphatic carbocycles. The number of nitrogens with zero attached hydrogens (tertiary/aromatic N) is 2. The van der Waals surface area contributed by atoms with Crippen LogP contribution in [-0.2, 0) is 14.8 Å². The summed E-state index contributed by atoms with van der Waals surface area (Å²) in [5.41, 5.74) is -0.546. The highest BCUT2D eigenvalue weighted by Crippen LogP contribution is 2.29. The van der Waals surface area contributed by atoms with Crippen molar-refractivity contribution in [2.75, 3.05) is 18.5 Å². The molecule has 10 heteroatoms. The van der Waals surface area contributed by atoms with E-state index in [1.807, 2.05) is 0 Å². The lowest BCUT2D eigenvalue weighted by atomic mass is 10.2. The Morgan fingerprint density at radius 1 is 1.53 bits per heavy atom. The van der Waals surface area contributed by atoms with Gasteiger partial charge in [-0.15, -0.1) is 0 Å². The molecule has 0 atom stereocenters. The molecule has 0 aliphatic heterocycles. The van der Waals surface area contributed by atoms with Gasteiger partial charge in [0.05, 0.1) is 9.82 Å². The highest BCUT2D eigenvalue weighted by molar-refractivity contribution is 7.89. The average Bonchev–Trinajstić information content (AvgIpc) is 2.25. The van der Waals surface area contributed by atoms with Crippen LogP contribution in [0.2, 0.25) is 0 Å². The van der Waals surface area contributed by atoms with E-state index >= 15 is 0 Å². The number of rotatable bonds is 5. The third-order valence-electron chi connectivity index (χ3n) is 2.26. The van der Waals surface area contributed by atoms with Crippen LogP contribution in [0.4, 0.5) is 11.4 Å². The van der Waals surface area contributed by atoms with E-state index in [-0.39, 0.29) is 5.69 Å². The number of nitro groups is 1. The van der Waals surface area contributed by atoms with Gasteiger partial charge in [0.2, 0.25) is 10.0 Å². The molecule has 0 heterocycles. The number of likely N-dealkylation sites (N-methyl/N-ethyl adjacent to an activating group) is 1. The molecule has 0 saturated heterocycles. The molecule has 0 fully saturated rings. The number of hydrogen-bond donors (Lipinski definition) is 2. The Kier molecular flexibility index (Phi) is 4.07. The highest BCUT2D eigenvalue weighted by Gasteiger charge is 2.22. The summed E-state index contributed by atoms with van der Waals surface area (Å²) < 4.78 is 22.2. The van der Waals surface area contributed by atoms with Crippen molar-refractivity contribution in [1.82, 2.24) is 0 Å². The molecule has 0 aromatic heterocycles. The second-order valence-electron chi connectivity index (χ2n) is 3.70. The van der Waals surface area contributed by atoms with Gasteiger partial charge >= 0.3 is 5.97 Å². The van der Waals surface area contributed by atoms with Crippen molar-refractivity contribution in [3.05, 3.63) is 28.3 Å². The molecule has 0 aliphatic rings. The molecule has 0 amide bonds. The fourth-order valence-electron chi connectivity index (χ4n) is 1.44. The molecule has 0 bridgehead atoms. The van der Waals surface area contributed by atoms with Crippen molar-refractivity contribution in [3.8, 4) is 0 Å². The molecule has 19 heavy (non-hydrogen) atoms. The van der Waals surface area contributed by atoms with Gasteiger partial charge < -0.3 is 10.0 Å². The van der Waals surface area contributed by atoms with Gasteiger partial charge in [-0.05, 0) is 12.1 Å². The predicted molar refractivity (Wildman–Crippen MR) is 65.4 cm³/mol. The number of hydrogen-bond acceptors (Lipinski definition) is 6. The van der Waals surface area contributed by atoms with E-state index in [0.717, 1.165) is 23.1 Å². The molecule has 3 N–H and O–H groups in total. The molecule has 104 valence electrons. The zero-order chi connectivity index (χ0) is 14.8. The number of carboxylic acid groups (broad SMARTS) is 1. The summed E-state index contributed by atoms with van der Waals surface area (Å²) in [6.45, 7) is -0.463. The van der Waals surface area contributed by atoms with Crippen molar-refractivity contribution in [2.45, 2.75) is 4.90 Å². The Balaban J connectivity index is 3.34. The SMILES string of the molecule is CN(CC(=O)O)c1ccc(S(N)(=O)=O)cc1[N+](=O)[O-]. The van der Waals surface area contributed by atoms with Crippen LogP contribution in [0.5, 0.6) is 0 Å². The minimum absolute atomic E-state index is 0.0141. The molecular formula is C9H11N3O6S. The lowest BCUT2D eigenvalue weighted by Gasteiger charge is -2.16. The molecule has 0 radical (unpaired) electrons. The number of carbonyl (C=O) groups is 1. The van der Waals surface area contributed by atoms with E-state index in [0.29, 0.717) is 0 Å². The van der Waals surface area contributed by atoms with Gasteiger partial charge in [-0.1, -0.05) is 0 Å². The van der Waals surface area contributed by atoms with Crippen molar-refractivity contribution in [3.63, 3.8) is 0 Å². The smallest absolute Gasteiger partial charge is 0.323 e. The van der Waals surface area contributed by atoms with E-state index in [9.17, 15) is 23.3 Å². The summed E-state index contributed by atoms with van der Waals surface area (Å²) in [6.07, 6.45) is 0. The second kappa shape index (κ2) is 5.20. The number of benzene rings is 1. The first-order valence-electron chi connectivity index (χ1n) is 4.87. The van der Waals surface area contributed by atoms with Crippen molar-refractivity contribution in [1.29, 1.82) is 0 Å². The third kappa shape index (κ3) is 3.63. The lowest BCUT2D eigenvalue weighted by molar-refractivity contribution is -0.384. The number of nitro benzene ring substituents is 1. The van der Waals surface area contributed by atoms with Gasteiger partial charge in [-0.3, -0.25) is 14.9 Å². The van der Waals surface area contributed by atoms with Crippen LogP contribution < -0.4 is 10.0 Å². The molecule has 1 aromatic rings. The maximum absolute atomic E-state index is 11.1. The van der Waals surface area contributed by atoms with Crippen LogP contribution in [0.1, 0.15) is 0 Å². The van der Waals surface area contributed by atoms with Crippen molar-refractivity contribution in [2.24, 2.45) is 5.14 Å². The average molecular weight is 289 g/mol. The van der Waals surface area contributed by atoms with E-state index < -0.39 is 38.0 Å². The van der Waals surface area contributed by atoms with Gasteiger partial charge in [0.25, 0.3) is 5.69 Å². The Hall–Kier alpha value is -2.20. The third-order valence-corrected chi connectivity index (χ3v) is 3.17. The van der Waals surface area contributed by atoms with Crippen molar-refractivity contribution < 1.29 is 23.2 Å². The molecule has 9 nitrogen and oxygen atoms in total. The Morgan fingerprint density at radius 2 is 2.11 bits per heavy atom. The van der Waals surface area contributed by atoms with Gasteiger partial charge in [0.1, 0.15) is 12.2 Å². The largest absolute Gasteiger partial charge is 0.480 e. The van der Waals surface area contributed by atoms with Crippen molar-refractivity contribution >= 4 is 27.4 Å². The van der Waals surface area contributed by atoms with Crippen LogP contribution in [0, 0.1) is 10.1 Å². The predicted octanol–water partition coefficient (Wildman–Crippen LogP) is -0.237. The quantitative estimate of drug-likeness (QED) is 0.562. The van der Waals surface area contributed by atoms with Gasteiger partial charge in [0.15, 0.2) is 0 Å². The van der Waals surface area contributed by atoms with Crippen LogP contribution in [-0.4, -0.2) is 38.0 Å². The summed E-state index contributed by atoms with van der Waals surface area (Å²) in [5, 5.41) is 24.4. The number of primary sulfonamides is 1. The summed E-state index contributed by atoms with van der Waals surface area (Å²) in [6, 6.07) is 3.01. The van der Waals surface area contributed by atoms with Gasteiger partial charge in [-0.2, -0.15) is 0 Å². The van der Waals surface area contributed by atoms with Gasteiger partial charge in [0, 0.05) is 13.1 Å². The van der Waals surface area contributed by atoms with Crippen LogP contribution in [0.3, 0.4) is 0 Å². The fourth-order valence-corrected chi connectivity index (χ4v) is 1.97. The van der Waals surface area contributed by atoms with Crippen LogP contribution >= 0.6 is 0 Å². The van der Waals surface area contributed by atoms with Crippen LogP contribution in [0.15, 0.2) is 23.1 Å². The lowest BCUT2D eigenvalue weighted by Crippen LogP contribution is -2.26. The first-order valence-corrected chi connectivity index (χ1v) is 6.41. The molecular weight excluding hydrogens is 278 g/mol. The zero-order valence-corrected chi connectivity index (χ0v) is 10.6. The standard InChI is InChI=1S/C9H11N3O6S/c1-11(5-9(13)14)7-3-2-6(19(10,17)18)4-8(7)12(15)16/h2-4H,5H2,1H3,(H,13,14)(H2,10,17,18). The molecule has 0 spiro atoms. The normalized spacial score (nSPS) is 11.1. The Morgan fingerprint density at radius 3 is 2.53 bits per heavy atom. The topological polar surface area (TPSA) is 144 Å². The number of nitrogens with two attached hydrogens (primary N) is 1. The number of aliphatic carboxylic acids is 1. The molecule has 0 unspecified atom stereocenters. The molecule has 1 aromatic carbocycles. The second-order valence-corrected chi connectivity index (χ2v) is 5.26. The van der Waals surface area contributed by atoms with E-state index in [1.54, 1.807) is 0 Å². The highest BCUT2D eigenvalue weighted by atomic mass is 32.2. The minimum Gasteiger partial charge on any atom is -0.480 e. The zero-order valence-electron chi connectivity index (χ0n) is 9.81. The first kappa shape index (κ1) is 14.9. The van der Waals surface area contributed by atoms with E-state index in [1.165, 1.54) is 7.05 Å². The number of anilines is 1. The van der Waals surface area contributed by atoms with E-state index in [2.05, 4.69) is 0 Å². The fraction of sp³-hybridized carbons (Fsp3) is 0.222. The maximum Gasteiger partial charge on any atom is 0.323 e. The molecule has 0 saturated carbocycles. The summed E-state index contributed by atoms with van der Waals surface area (Å²) in [4.78, 5) is 21.4. The monoisotopic (exact) mass is 289 g/mol. The Bertz CT molecular complexity index is 627. The summed E-state index contributed by atoms with van der Waals surface area (Å²) in [5.74, 6) is -1.17. The summed E-state index contributed by atoms with van der Waals surface area (Å²) >= 11 is 0. The number of carboxylic acids is 1. The van der Waals surface area contributed by atoms with Crippen LogP contribution in [0.25, 0.3) is 0 Å². The first-order chi connectivity index (χ1) is 8.62. The molecule has 1 rings (SSSR count). The Labute approximate surface area is 108 Å². The minimum atomic E-state index is -4.06. The summed E-state index contributed by atoms with van der Waals surface area (Å²) in [7, 11) is -2.72.